The molecule has 0 bridgehead atoms. The summed E-state index contributed by atoms with van der Waals surface area (Å²) in [5, 5.41) is 0. The van der Waals surface area contributed by atoms with Crippen LogP contribution in [0.5, 0.6) is 0 Å². The third-order valence-electron chi connectivity index (χ3n) is 6.31. The molecule has 1 fully saturated rings. The summed E-state index contributed by atoms with van der Waals surface area (Å²) in [5.41, 5.74) is 4.51. The van der Waals surface area contributed by atoms with Crippen molar-refractivity contribution in [2.45, 2.75) is 39.7 Å². The minimum absolute atomic E-state index is 0.0962. The predicted molar refractivity (Wildman–Crippen MR) is 131 cm³/mol. The molecule has 0 saturated carbocycles. The van der Waals surface area contributed by atoms with E-state index in [0.29, 0.717) is 12.3 Å². The first-order chi connectivity index (χ1) is 16.0. The van der Waals surface area contributed by atoms with Gasteiger partial charge in [0.15, 0.2) is 0 Å². The van der Waals surface area contributed by atoms with E-state index in [1.165, 1.54) is 5.56 Å². The van der Waals surface area contributed by atoms with E-state index in [1.54, 1.807) is 6.20 Å². The second kappa shape index (κ2) is 10.7. The Hall–Kier alpha value is -3.12. The molecule has 0 radical (unpaired) electrons. The molecule has 4 rings (SSSR count). The van der Waals surface area contributed by atoms with Gasteiger partial charge in [-0.15, -0.1) is 0 Å². The molecule has 0 N–H and O–H groups in total. The van der Waals surface area contributed by atoms with Crippen LogP contribution in [0.4, 0.5) is 0 Å². The van der Waals surface area contributed by atoms with E-state index in [2.05, 4.69) is 64.9 Å². The molecule has 1 saturated heterocycles. The molecular weight excluding hydrogens is 410 g/mol. The average Bonchev–Trinajstić information content (AvgIpc) is 2.98. The third kappa shape index (κ3) is 5.63. The Morgan fingerprint density at radius 3 is 2.52 bits per heavy atom. The smallest absolute Gasteiger partial charge is 0.227 e. The van der Waals surface area contributed by atoms with Crippen LogP contribution in [0.2, 0.25) is 0 Å². The molecule has 2 aromatic heterocycles. The zero-order valence-corrected chi connectivity index (χ0v) is 19.8. The quantitative estimate of drug-likeness (QED) is 0.548. The first-order valence-corrected chi connectivity index (χ1v) is 11.9. The molecule has 3 heterocycles. The van der Waals surface area contributed by atoms with Gasteiger partial charge in [0.1, 0.15) is 5.82 Å². The highest BCUT2D eigenvalue weighted by molar-refractivity contribution is 5.80. The summed E-state index contributed by atoms with van der Waals surface area (Å²) in [7, 11) is 0. The Morgan fingerprint density at radius 2 is 1.82 bits per heavy atom. The normalized spacial score (nSPS) is 17.4. The maximum atomic E-state index is 13.4. The fourth-order valence-corrected chi connectivity index (χ4v) is 4.49. The van der Waals surface area contributed by atoms with Gasteiger partial charge < -0.3 is 4.90 Å². The van der Waals surface area contributed by atoms with Crippen molar-refractivity contribution in [2.24, 2.45) is 5.92 Å². The van der Waals surface area contributed by atoms with Gasteiger partial charge in [0.25, 0.3) is 0 Å². The molecule has 0 spiro atoms. The molecule has 6 nitrogen and oxygen atoms in total. The molecule has 1 aliphatic heterocycles. The lowest BCUT2D eigenvalue weighted by molar-refractivity contribution is -0.134. The van der Waals surface area contributed by atoms with Gasteiger partial charge in [0.05, 0.1) is 5.92 Å². The van der Waals surface area contributed by atoms with E-state index in [4.69, 9.17) is 0 Å². The van der Waals surface area contributed by atoms with Gasteiger partial charge >= 0.3 is 0 Å². The number of nitrogens with zero attached hydrogens (tertiary/aromatic N) is 5. The number of pyridine rings is 1. The van der Waals surface area contributed by atoms with Gasteiger partial charge in [-0.05, 0) is 30.5 Å². The van der Waals surface area contributed by atoms with E-state index in [9.17, 15) is 4.79 Å². The van der Waals surface area contributed by atoms with Crippen LogP contribution in [0, 0.1) is 5.92 Å². The highest BCUT2D eigenvalue weighted by Crippen LogP contribution is 2.27. The molecule has 3 aromatic rings. The van der Waals surface area contributed by atoms with Crippen LogP contribution in [0.15, 0.2) is 61.2 Å². The Labute approximate surface area is 196 Å². The summed E-state index contributed by atoms with van der Waals surface area (Å²) in [4.78, 5) is 31.1. The van der Waals surface area contributed by atoms with Crippen LogP contribution < -0.4 is 0 Å². The maximum absolute atomic E-state index is 13.4. The third-order valence-corrected chi connectivity index (χ3v) is 6.31. The minimum Gasteiger partial charge on any atom is -0.341 e. The van der Waals surface area contributed by atoms with Gasteiger partial charge in [-0.3, -0.25) is 14.7 Å². The lowest BCUT2D eigenvalue weighted by Crippen LogP contribution is -2.37. The SMILES string of the molecule is CCN1CCN(Cc2cnc(C(C)C)nc2)C[C@@H](Cc2ccccc2-c2cccnc2)C1=O. The molecule has 0 unspecified atom stereocenters. The number of amides is 1. The monoisotopic (exact) mass is 443 g/mol. The standard InChI is InChI=1S/C27H33N5O/c1-4-32-13-12-31(18-21-15-29-26(20(2)3)30-16-21)19-24(27(32)33)14-22-8-5-6-10-25(22)23-9-7-11-28-17-23/h5-11,15-17,20,24H,4,12-14,18-19H2,1-3H3/t24-/m1/s1. The highest BCUT2D eigenvalue weighted by atomic mass is 16.2. The number of hydrogen-bond acceptors (Lipinski definition) is 5. The average molecular weight is 444 g/mol. The fourth-order valence-electron chi connectivity index (χ4n) is 4.49. The highest BCUT2D eigenvalue weighted by Gasteiger charge is 2.30. The number of benzene rings is 1. The molecule has 33 heavy (non-hydrogen) atoms. The molecule has 1 atom stereocenters. The number of carbonyl (C=O) groups is 1. The van der Waals surface area contributed by atoms with Gasteiger partial charge in [-0.1, -0.05) is 44.2 Å². The Bertz CT molecular complexity index is 1050. The summed E-state index contributed by atoms with van der Waals surface area (Å²) >= 11 is 0. The minimum atomic E-state index is -0.0962. The van der Waals surface area contributed by atoms with Crippen molar-refractivity contribution < 1.29 is 4.79 Å². The van der Waals surface area contributed by atoms with Crippen molar-refractivity contribution in [3.63, 3.8) is 0 Å². The van der Waals surface area contributed by atoms with Gasteiger partial charge in [0, 0.05) is 74.6 Å². The Kier molecular flexibility index (Phi) is 7.45. The second-order valence-electron chi connectivity index (χ2n) is 9.06. The van der Waals surface area contributed by atoms with E-state index in [0.717, 1.165) is 55.2 Å². The Morgan fingerprint density at radius 1 is 1.03 bits per heavy atom. The number of rotatable bonds is 7. The predicted octanol–water partition coefficient (Wildman–Crippen LogP) is 4.19. The molecule has 6 heteroatoms. The van der Waals surface area contributed by atoms with E-state index in [-0.39, 0.29) is 11.8 Å². The largest absolute Gasteiger partial charge is 0.341 e. The first kappa shape index (κ1) is 23.1. The van der Waals surface area contributed by atoms with Gasteiger partial charge in [-0.25, -0.2) is 9.97 Å². The van der Waals surface area contributed by atoms with Crippen molar-refractivity contribution in [3.8, 4) is 11.1 Å². The zero-order valence-electron chi connectivity index (χ0n) is 19.8. The number of aromatic nitrogens is 3. The van der Waals surface area contributed by atoms with Crippen molar-refractivity contribution in [1.29, 1.82) is 0 Å². The van der Waals surface area contributed by atoms with Crippen LogP contribution in [-0.2, 0) is 17.8 Å². The molecule has 172 valence electrons. The molecule has 0 aliphatic carbocycles. The fraction of sp³-hybridized carbons (Fsp3) is 0.407. The second-order valence-corrected chi connectivity index (χ2v) is 9.06. The summed E-state index contributed by atoms with van der Waals surface area (Å²) in [5.74, 6) is 1.33. The lowest BCUT2D eigenvalue weighted by Gasteiger charge is -2.24. The van der Waals surface area contributed by atoms with Crippen LogP contribution in [-0.4, -0.2) is 56.8 Å². The van der Waals surface area contributed by atoms with E-state index >= 15 is 0 Å². The molecule has 1 amide bonds. The Balaban J connectivity index is 1.55. The van der Waals surface area contributed by atoms with Crippen LogP contribution in [0.3, 0.4) is 0 Å². The summed E-state index contributed by atoms with van der Waals surface area (Å²) < 4.78 is 0. The van der Waals surface area contributed by atoms with Crippen molar-refractivity contribution in [3.05, 3.63) is 78.1 Å². The van der Waals surface area contributed by atoms with Crippen LogP contribution >= 0.6 is 0 Å². The summed E-state index contributed by atoms with van der Waals surface area (Å²) in [6.07, 6.45) is 8.24. The van der Waals surface area contributed by atoms with Gasteiger partial charge in [-0.2, -0.15) is 0 Å². The summed E-state index contributed by atoms with van der Waals surface area (Å²) in [6.45, 7) is 10.1. The van der Waals surface area contributed by atoms with E-state index < -0.39 is 0 Å². The molecular formula is C27H33N5O. The van der Waals surface area contributed by atoms with Crippen LogP contribution in [0.25, 0.3) is 11.1 Å². The van der Waals surface area contributed by atoms with Gasteiger partial charge in [0.2, 0.25) is 5.91 Å². The number of carbonyl (C=O) groups excluding carboxylic acids is 1. The number of likely N-dealkylation sites (N-methyl/N-ethyl adjacent to an activating group) is 1. The topological polar surface area (TPSA) is 62.2 Å². The van der Waals surface area contributed by atoms with Crippen molar-refractivity contribution >= 4 is 5.91 Å². The number of hydrogen-bond donors (Lipinski definition) is 0. The molecule has 1 aliphatic rings. The summed E-state index contributed by atoms with van der Waals surface area (Å²) in [6, 6.07) is 12.4. The van der Waals surface area contributed by atoms with E-state index in [1.807, 2.05) is 35.6 Å². The van der Waals surface area contributed by atoms with Crippen molar-refractivity contribution in [1.82, 2.24) is 24.8 Å². The maximum Gasteiger partial charge on any atom is 0.227 e. The van der Waals surface area contributed by atoms with Crippen molar-refractivity contribution in [2.75, 3.05) is 26.2 Å². The first-order valence-electron chi connectivity index (χ1n) is 11.9. The molecule has 1 aromatic carbocycles. The lowest BCUT2D eigenvalue weighted by atomic mass is 9.91. The van der Waals surface area contributed by atoms with Crippen LogP contribution in [0.1, 0.15) is 43.6 Å². The zero-order chi connectivity index (χ0) is 23.2.